The molecule has 0 bridgehead atoms. The van der Waals surface area contributed by atoms with Crippen molar-refractivity contribution >= 4 is 15.9 Å². The zero-order valence-electron chi connectivity index (χ0n) is 6.08. The molecule has 0 heterocycles. The molecule has 1 aromatic rings. The van der Waals surface area contributed by atoms with E-state index < -0.39 is 6.10 Å². The molecule has 0 spiro atoms. The van der Waals surface area contributed by atoms with Crippen molar-refractivity contribution < 1.29 is 10.2 Å². The van der Waals surface area contributed by atoms with Gasteiger partial charge in [-0.2, -0.15) is 0 Å². The van der Waals surface area contributed by atoms with Crippen molar-refractivity contribution in [2.24, 2.45) is 0 Å². The summed E-state index contributed by atoms with van der Waals surface area (Å²) < 4.78 is 0.729. The maximum absolute atomic E-state index is 9.18. The van der Waals surface area contributed by atoms with Gasteiger partial charge in [-0.25, -0.2) is 0 Å². The lowest BCUT2D eigenvalue weighted by Gasteiger charge is -2.06. The average molecular weight is 217 g/mol. The van der Waals surface area contributed by atoms with E-state index in [0.717, 1.165) is 10.0 Å². The largest absolute Gasteiger partial charge is 0.508 e. The minimum Gasteiger partial charge on any atom is -0.508 e. The summed E-state index contributed by atoms with van der Waals surface area (Å²) in [5.41, 5.74) is 0.780. The van der Waals surface area contributed by atoms with Crippen LogP contribution in [-0.2, 0) is 0 Å². The number of aliphatic hydroxyl groups is 1. The van der Waals surface area contributed by atoms with Crippen LogP contribution in [0.3, 0.4) is 0 Å². The molecule has 11 heavy (non-hydrogen) atoms. The normalized spacial score (nSPS) is 13.0. The van der Waals surface area contributed by atoms with Crippen LogP contribution in [0.2, 0.25) is 0 Å². The van der Waals surface area contributed by atoms with Crippen molar-refractivity contribution in [1.82, 2.24) is 0 Å². The highest BCUT2D eigenvalue weighted by Crippen LogP contribution is 2.26. The van der Waals surface area contributed by atoms with E-state index in [2.05, 4.69) is 15.9 Å². The van der Waals surface area contributed by atoms with Crippen LogP contribution in [-0.4, -0.2) is 10.2 Å². The Morgan fingerprint density at radius 2 is 2.09 bits per heavy atom. The first-order valence-corrected chi connectivity index (χ1v) is 4.07. The van der Waals surface area contributed by atoms with Crippen LogP contribution in [0.4, 0.5) is 0 Å². The molecule has 0 radical (unpaired) electrons. The maximum atomic E-state index is 9.18. The van der Waals surface area contributed by atoms with Gasteiger partial charge in [-0.3, -0.25) is 0 Å². The third-order valence-corrected chi connectivity index (χ3v) is 2.12. The molecule has 2 N–H and O–H groups in total. The Kier molecular flexibility index (Phi) is 2.52. The van der Waals surface area contributed by atoms with Gasteiger partial charge in [-0.15, -0.1) is 0 Å². The van der Waals surface area contributed by atoms with E-state index in [1.54, 1.807) is 25.1 Å². The van der Waals surface area contributed by atoms with E-state index in [4.69, 9.17) is 5.11 Å². The summed E-state index contributed by atoms with van der Waals surface area (Å²) in [6, 6.07) is 4.79. The van der Waals surface area contributed by atoms with E-state index in [0.29, 0.717) is 0 Å². The number of aromatic hydroxyl groups is 1. The molecule has 2 nitrogen and oxygen atoms in total. The lowest BCUT2D eigenvalue weighted by Crippen LogP contribution is -1.91. The first-order valence-electron chi connectivity index (χ1n) is 3.27. The van der Waals surface area contributed by atoms with E-state index >= 15 is 0 Å². The number of hydrogen-bond donors (Lipinski definition) is 2. The molecule has 1 atom stereocenters. The second-order valence-corrected chi connectivity index (χ2v) is 3.24. The predicted molar refractivity (Wildman–Crippen MR) is 46.4 cm³/mol. The highest BCUT2D eigenvalue weighted by molar-refractivity contribution is 9.10. The third-order valence-electron chi connectivity index (χ3n) is 1.43. The van der Waals surface area contributed by atoms with Crippen LogP contribution < -0.4 is 0 Å². The summed E-state index contributed by atoms with van der Waals surface area (Å²) >= 11 is 3.23. The van der Waals surface area contributed by atoms with Gasteiger partial charge in [0, 0.05) is 4.47 Å². The van der Waals surface area contributed by atoms with E-state index in [-0.39, 0.29) is 5.75 Å². The minimum absolute atomic E-state index is 0.196. The lowest BCUT2D eigenvalue weighted by atomic mass is 10.1. The second kappa shape index (κ2) is 3.24. The number of hydrogen-bond acceptors (Lipinski definition) is 2. The Morgan fingerprint density at radius 3 is 2.55 bits per heavy atom. The van der Waals surface area contributed by atoms with Crippen LogP contribution in [0.25, 0.3) is 0 Å². The summed E-state index contributed by atoms with van der Waals surface area (Å²) in [6.07, 6.45) is -0.509. The second-order valence-electron chi connectivity index (χ2n) is 2.38. The molecule has 0 amide bonds. The number of benzene rings is 1. The Morgan fingerprint density at radius 1 is 1.45 bits per heavy atom. The van der Waals surface area contributed by atoms with Gasteiger partial charge in [0.2, 0.25) is 0 Å². The average Bonchev–Trinajstić information content (AvgIpc) is 1.85. The van der Waals surface area contributed by atoms with Gasteiger partial charge < -0.3 is 10.2 Å². The Bertz CT molecular complexity index is 258. The zero-order chi connectivity index (χ0) is 8.43. The molecular formula is C8H9BrO2. The molecule has 0 aliphatic heterocycles. The fourth-order valence-corrected chi connectivity index (χ4v) is 1.55. The fourth-order valence-electron chi connectivity index (χ4n) is 0.855. The van der Waals surface area contributed by atoms with Crippen molar-refractivity contribution in [3.8, 4) is 5.75 Å². The molecule has 0 saturated heterocycles. The van der Waals surface area contributed by atoms with Crippen LogP contribution in [0.1, 0.15) is 18.6 Å². The number of phenols is 1. The van der Waals surface area contributed by atoms with Gasteiger partial charge in [-0.1, -0.05) is 22.0 Å². The summed E-state index contributed by atoms with van der Waals surface area (Å²) in [5.74, 6) is 0.196. The highest BCUT2D eigenvalue weighted by atomic mass is 79.9. The number of phenolic OH excluding ortho intramolecular Hbond substituents is 1. The molecular weight excluding hydrogens is 208 g/mol. The van der Waals surface area contributed by atoms with Crippen LogP contribution in [0.15, 0.2) is 22.7 Å². The minimum atomic E-state index is -0.509. The highest BCUT2D eigenvalue weighted by Gasteiger charge is 2.05. The quantitative estimate of drug-likeness (QED) is 0.756. The summed E-state index contributed by atoms with van der Waals surface area (Å²) in [6.45, 7) is 1.68. The summed E-state index contributed by atoms with van der Waals surface area (Å²) in [4.78, 5) is 0. The van der Waals surface area contributed by atoms with Crippen LogP contribution in [0.5, 0.6) is 5.75 Å². The summed E-state index contributed by atoms with van der Waals surface area (Å²) in [7, 11) is 0. The van der Waals surface area contributed by atoms with Crippen molar-refractivity contribution in [3.63, 3.8) is 0 Å². The Balaban J connectivity index is 3.09. The fraction of sp³-hybridized carbons (Fsp3) is 0.250. The van der Waals surface area contributed by atoms with Crippen molar-refractivity contribution in [3.05, 3.63) is 28.2 Å². The van der Waals surface area contributed by atoms with Crippen molar-refractivity contribution in [1.29, 1.82) is 0 Å². The van der Waals surface area contributed by atoms with Crippen molar-refractivity contribution in [2.45, 2.75) is 13.0 Å². The van der Waals surface area contributed by atoms with Gasteiger partial charge in [-0.05, 0) is 24.6 Å². The first-order chi connectivity index (χ1) is 5.11. The molecule has 3 heteroatoms. The molecule has 0 aliphatic rings. The molecule has 1 rings (SSSR count). The topological polar surface area (TPSA) is 40.5 Å². The van der Waals surface area contributed by atoms with Crippen molar-refractivity contribution in [2.75, 3.05) is 0 Å². The third kappa shape index (κ3) is 1.94. The molecule has 60 valence electrons. The molecule has 0 saturated carbocycles. The standard InChI is InChI=1S/C8H9BrO2/c1-5(10)7-3-2-6(11)4-8(7)9/h2-5,10-11H,1H3. The number of aliphatic hydroxyl groups excluding tert-OH is 1. The zero-order valence-corrected chi connectivity index (χ0v) is 7.67. The number of halogens is 1. The van der Waals surface area contributed by atoms with Gasteiger partial charge in [0.15, 0.2) is 0 Å². The van der Waals surface area contributed by atoms with Gasteiger partial charge >= 0.3 is 0 Å². The maximum Gasteiger partial charge on any atom is 0.116 e. The van der Waals surface area contributed by atoms with Crippen LogP contribution >= 0.6 is 15.9 Å². The van der Waals surface area contributed by atoms with Gasteiger partial charge in [0.05, 0.1) is 6.10 Å². The summed E-state index contributed by atoms with van der Waals surface area (Å²) in [5, 5.41) is 18.2. The molecule has 0 aliphatic carbocycles. The van der Waals surface area contributed by atoms with Crippen LogP contribution in [0, 0.1) is 0 Å². The Hall–Kier alpha value is -0.540. The Labute approximate surface area is 73.6 Å². The van der Waals surface area contributed by atoms with Gasteiger partial charge in [0.25, 0.3) is 0 Å². The first kappa shape index (κ1) is 8.56. The number of rotatable bonds is 1. The molecule has 0 fully saturated rings. The molecule has 1 unspecified atom stereocenters. The molecule has 1 aromatic carbocycles. The van der Waals surface area contributed by atoms with Gasteiger partial charge in [0.1, 0.15) is 5.75 Å². The van der Waals surface area contributed by atoms with E-state index in [1.807, 2.05) is 0 Å². The molecule has 0 aromatic heterocycles. The monoisotopic (exact) mass is 216 g/mol. The van der Waals surface area contributed by atoms with E-state index in [9.17, 15) is 5.11 Å². The predicted octanol–water partition coefficient (Wildman–Crippen LogP) is 2.21. The SMILES string of the molecule is CC(O)c1ccc(O)cc1Br. The smallest absolute Gasteiger partial charge is 0.116 e. The van der Waals surface area contributed by atoms with E-state index in [1.165, 1.54) is 0 Å². The lowest BCUT2D eigenvalue weighted by molar-refractivity contribution is 0.198.